The van der Waals surface area contributed by atoms with Crippen LogP contribution in [0, 0.1) is 0 Å². The number of nitrogens with one attached hydrogen (secondary N) is 3. The van der Waals surface area contributed by atoms with Gasteiger partial charge in [-0.05, 0) is 41.9 Å². The topological polar surface area (TPSA) is 62.4 Å². The van der Waals surface area contributed by atoms with Gasteiger partial charge in [0.05, 0.1) is 0 Å². The van der Waals surface area contributed by atoms with Gasteiger partial charge in [-0.2, -0.15) is 0 Å². The highest BCUT2D eigenvalue weighted by atomic mass is 32.1. The van der Waals surface area contributed by atoms with Crippen LogP contribution in [0.3, 0.4) is 0 Å². The maximum Gasteiger partial charge on any atom is 0.269 e. The van der Waals surface area contributed by atoms with E-state index in [0.717, 1.165) is 17.5 Å². The third-order valence-corrected chi connectivity index (χ3v) is 3.60. The number of methoxy groups -OCH3 is 1. The third kappa shape index (κ3) is 5.64. The average molecular weight is 343 g/mol. The van der Waals surface area contributed by atoms with Gasteiger partial charge in [0.25, 0.3) is 5.91 Å². The molecule has 1 amide bonds. The van der Waals surface area contributed by atoms with Crippen LogP contribution in [0.15, 0.2) is 54.6 Å². The van der Waals surface area contributed by atoms with E-state index in [4.69, 9.17) is 17.0 Å². The number of hydrogen-bond acceptors (Lipinski definition) is 3. The van der Waals surface area contributed by atoms with Crippen molar-refractivity contribution in [1.29, 1.82) is 0 Å². The van der Waals surface area contributed by atoms with E-state index in [-0.39, 0.29) is 5.91 Å². The van der Waals surface area contributed by atoms with Gasteiger partial charge in [0, 0.05) is 25.8 Å². The summed E-state index contributed by atoms with van der Waals surface area (Å²) in [6, 6.07) is 17.4. The normalized spacial score (nSPS) is 10.0. The van der Waals surface area contributed by atoms with Crippen molar-refractivity contribution in [2.24, 2.45) is 0 Å². The van der Waals surface area contributed by atoms with Crippen molar-refractivity contribution >= 4 is 23.2 Å². The number of rotatable bonds is 6. The van der Waals surface area contributed by atoms with Gasteiger partial charge in [0.2, 0.25) is 0 Å². The second-order valence-electron chi connectivity index (χ2n) is 5.12. The number of carbonyl (C=O) groups excluding carboxylic acids is 1. The van der Waals surface area contributed by atoms with Gasteiger partial charge in [-0.1, -0.05) is 42.5 Å². The molecule has 2 rings (SSSR count). The van der Waals surface area contributed by atoms with Crippen molar-refractivity contribution < 1.29 is 9.53 Å². The van der Waals surface area contributed by atoms with Crippen LogP contribution in [0.1, 0.15) is 16.8 Å². The van der Waals surface area contributed by atoms with Gasteiger partial charge in [0.15, 0.2) is 5.11 Å². The smallest absolute Gasteiger partial charge is 0.269 e. The predicted octanol–water partition coefficient (Wildman–Crippen LogP) is 2.50. The molecule has 0 saturated carbocycles. The first kappa shape index (κ1) is 17.9. The summed E-state index contributed by atoms with van der Waals surface area (Å²) in [7, 11) is 1.65. The molecule has 2 aromatic carbocycles. The van der Waals surface area contributed by atoms with Crippen molar-refractivity contribution in [3.05, 3.63) is 60.2 Å². The molecule has 0 saturated heterocycles. The number of amides is 1. The Morgan fingerprint density at radius 3 is 2.33 bits per heavy atom. The third-order valence-electron chi connectivity index (χ3n) is 3.35. The number of benzene rings is 2. The fourth-order valence-corrected chi connectivity index (χ4v) is 2.25. The number of hydrazine groups is 1. The van der Waals surface area contributed by atoms with Crippen molar-refractivity contribution in [2.75, 3.05) is 20.3 Å². The maximum atomic E-state index is 12.1. The van der Waals surface area contributed by atoms with Crippen LogP contribution < -0.4 is 16.2 Å². The molecule has 0 heterocycles. The Morgan fingerprint density at radius 2 is 1.67 bits per heavy atom. The Hall–Kier alpha value is -2.44. The van der Waals surface area contributed by atoms with E-state index in [1.165, 1.54) is 0 Å². The van der Waals surface area contributed by atoms with Gasteiger partial charge in [-0.3, -0.25) is 15.6 Å². The molecule has 0 spiro atoms. The fourth-order valence-electron chi connectivity index (χ4n) is 2.09. The zero-order chi connectivity index (χ0) is 17.2. The van der Waals surface area contributed by atoms with E-state index in [0.29, 0.717) is 23.8 Å². The Bertz CT molecular complexity index is 660. The highest BCUT2D eigenvalue weighted by Crippen LogP contribution is 2.19. The quantitative estimate of drug-likeness (QED) is 0.427. The second-order valence-corrected chi connectivity index (χ2v) is 5.53. The minimum absolute atomic E-state index is 0.240. The number of hydrogen-bond donors (Lipinski definition) is 3. The molecular weight excluding hydrogens is 322 g/mol. The first-order valence-electron chi connectivity index (χ1n) is 7.69. The summed E-state index contributed by atoms with van der Waals surface area (Å²) in [5, 5.41) is 3.36. The number of thiocarbonyl (C=S) groups is 1. The van der Waals surface area contributed by atoms with Crippen LogP contribution in [0.5, 0.6) is 0 Å². The Kier molecular flexibility index (Phi) is 7.20. The zero-order valence-corrected chi connectivity index (χ0v) is 14.4. The van der Waals surface area contributed by atoms with E-state index >= 15 is 0 Å². The predicted molar refractivity (Wildman–Crippen MR) is 99.6 cm³/mol. The molecule has 0 radical (unpaired) electrons. The monoisotopic (exact) mass is 343 g/mol. The van der Waals surface area contributed by atoms with Crippen LogP contribution >= 0.6 is 12.2 Å². The minimum Gasteiger partial charge on any atom is -0.385 e. The average Bonchev–Trinajstić information content (AvgIpc) is 2.64. The molecule has 0 aliphatic rings. The molecule has 0 aliphatic heterocycles. The van der Waals surface area contributed by atoms with Gasteiger partial charge >= 0.3 is 0 Å². The van der Waals surface area contributed by atoms with E-state index in [1.807, 2.05) is 42.5 Å². The molecule has 126 valence electrons. The zero-order valence-electron chi connectivity index (χ0n) is 13.5. The van der Waals surface area contributed by atoms with Gasteiger partial charge in [0.1, 0.15) is 0 Å². The second kappa shape index (κ2) is 9.64. The molecule has 0 aliphatic carbocycles. The Balaban J connectivity index is 1.81. The van der Waals surface area contributed by atoms with Crippen LogP contribution in [0.4, 0.5) is 0 Å². The Labute approximate surface area is 147 Å². The molecule has 0 fully saturated rings. The van der Waals surface area contributed by atoms with E-state index in [9.17, 15) is 4.79 Å². The van der Waals surface area contributed by atoms with Crippen LogP contribution in [-0.2, 0) is 4.74 Å². The lowest BCUT2D eigenvalue weighted by molar-refractivity contribution is 0.0943. The fraction of sp³-hybridized carbons (Fsp3) is 0.222. The Morgan fingerprint density at radius 1 is 1.00 bits per heavy atom. The highest BCUT2D eigenvalue weighted by molar-refractivity contribution is 7.80. The molecule has 3 N–H and O–H groups in total. The summed E-state index contributed by atoms with van der Waals surface area (Å²) in [6.45, 7) is 1.34. The van der Waals surface area contributed by atoms with Gasteiger partial charge < -0.3 is 10.1 Å². The van der Waals surface area contributed by atoms with Crippen LogP contribution in [0.25, 0.3) is 11.1 Å². The summed E-state index contributed by atoms with van der Waals surface area (Å²) in [5.41, 5.74) is 8.00. The molecular formula is C18H21N3O2S. The standard InChI is InChI=1S/C18H21N3O2S/c1-23-13-5-12-19-18(24)21-20-17(22)16-10-8-15(9-11-16)14-6-3-2-4-7-14/h2-4,6-11H,5,12-13H2,1H3,(H,20,22)(H2,19,21,24). The maximum absolute atomic E-state index is 12.1. The van der Waals surface area contributed by atoms with E-state index in [1.54, 1.807) is 19.2 Å². The summed E-state index contributed by atoms with van der Waals surface area (Å²) >= 11 is 5.08. The highest BCUT2D eigenvalue weighted by Gasteiger charge is 2.06. The lowest BCUT2D eigenvalue weighted by atomic mass is 10.0. The summed E-state index contributed by atoms with van der Waals surface area (Å²) in [6.07, 6.45) is 0.840. The lowest BCUT2D eigenvalue weighted by Crippen LogP contribution is -2.47. The van der Waals surface area contributed by atoms with Crippen molar-refractivity contribution in [3.63, 3.8) is 0 Å². The first-order chi connectivity index (χ1) is 11.7. The van der Waals surface area contributed by atoms with Crippen LogP contribution in [0.2, 0.25) is 0 Å². The molecule has 2 aromatic rings. The first-order valence-corrected chi connectivity index (χ1v) is 8.10. The summed E-state index contributed by atoms with van der Waals surface area (Å²) < 4.78 is 4.95. The molecule has 0 aromatic heterocycles. The molecule has 24 heavy (non-hydrogen) atoms. The molecule has 0 atom stereocenters. The van der Waals surface area contributed by atoms with Crippen molar-refractivity contribution in [2.45, 2.75) is 6.42 Å². The van der Waals surface area contributed by atoms with E-state index < -0.39 is 0 Å². The van der Waals surface area contributed by atoms with Gasteiger partial charge in [-0.25, -0.2) is 0 Å². The lowest BCUT2D eigenvalue weighted by Gasteiger charge is -2.11. The summed E-state index contributed by atoms with van der Waals surface area (Å²) in [4.78, 5) is 12.1. The molecule has 0 bridgehead atoms. The largest absolute Gasteiger partial charge is 0.385 e. The molecule has 0 unspecified atom stereocenters. The number of ether oxygens (including phenoxy) is 1. The SMILES string of the molecule is COCCCNC(=S)NNC(=O)c1ccc(-c2ccccc2)cc1. The van der Waals surface area contributed by atoms with Gasteiger partial charge in [-0.15, -0.1) is 0 Å². The molecule has 5 nitrogen and oxygen atoms in total. The summed E-state index contributed by atoms with van der Waals surface area (Å²) in [5.74, 6) is -0.240. The number of carbonyl (C=O) groups is 1. The van der Waals surface area contributed by atoms with Crippen LogP contribution in [-0.4, -0.2) is 31.3 Å². The van der Waals surface area contributed by atoms with E-state index in [2.05, 4.69) is 16.2 Å². The van der Waals surface area contributed by atoms with Crippen molar-refractivity contribution in [1.82, 2.24) is 16.2 Å². The minimum atomic E-state index is -0.240. The molecule has 6 heteroatoms. The van der Waals surface area contributed by atoms with Crippen molar-refractivity contribution in [3.8, 4) is 11.1 Å².